The van der Waals surface area contributed by atoms with Crippen LogP contribution in [-0.2, 0) is 11.3 Å². The van der Waals surface area contributed by atoms with Gasteiger partial charge in [-0.05, 0) is 52.7 Å². The minimum Gasteiger partial charge on any atom is -0.444 e. The first-order chi connectivity index (χ1) is 11.7. The summed E-state index contributed by atoms with van der Waals surface area (Å²) in [7, 11) is 0. The molecular weight excluding hydrogens is 443 g/mol. The third kappa shape index (κ3) is 10.5. The van der Waals surface area contributed by atoms with Gasteiger partial charge in [0, 0.05) is 19.6 Å². The number of aryl methyl sites for hydroxylation is 2. The maximum absolute atomic E-state index is 11.6. The van der Waals surface area contributed by atoms with Crippen molar-refractivity contribution >= 4 is 36.0 Å². The van der Waals surface area contributed by atoms with Crippen molar-refractivity contribution in [1.29, 1.82) is 0 Å². The molecule has 1 amide bonds. The summed E-state index contributed by atoms with van der Waals surface area (Å²) in [6.07, 6.45) is -0.411. The van der Waals surface area contributed by atoms with Crippen LogP contribution in [0.1, 0.15) is 44.4 Å². The molecule has 0 heterocycles. The zero-order chi connectivity index (χ0) is 18.9. The van der Waals surface area contributed by atoms with Crippen molar-refractivity contribution < 1.29 is 9.53 Å². The van der Waals surface area contributed by atoms with Gasteiger partial charge in [0.25, 0.3) is 0 Å². The van der Waals surface area contributed by atoms with Crippen LogP contribution in [0, 0.1) is 13.8 Å². The van der Waals surface area contributed by atoms with Crippen LogP contribution in [0.15, 0.2) is 23.2 Å². The predicted octanol–water partition coefficient (Wildman–Crippen LogP) is 3.50. The second kappa shape index (κ2) is 12.0. The molecule has 0 atom stereocenters. The number of benzene rings is 1. The fourth-order valence-electron chi connectivity index (χ4n) is 2.19. The minimum absolute atomic E-state index is 0. The Balaban J connectivity index is 0.00000625. The molecule has 0 aliphatic rings. The first-order valence-corrected chi connectivity index (χ1v) is 8.76. The van der Waals surface area contributed by atoms with E-state index in [4.69, 9.17) is 4.74 Å². The number of alkyl carbamates (subject to hydrolysis) is 1. The number of carbonyl (C=O) groups is 1. The van der Waals surface area contributed by atoms with Crippen LogP contribution in [0.2, 0.25) is 0 Å². The Kier molecular flexibility index (Phi) is 11.3. The number of nitrogens with one attached hydrogen (secondary N) is 3. The fourth-order valence-corrected chi connectivity index (χ4v) is 2.19. The number of hydrogen-bond donors (Lipinski definition) is 3. The van der Waals surface area contributed by atoms with Gasteiger partial charge < -0.3 is 20.7 Å². The first-order valence-electron chi connectivity index (χ1n) is 8.76. The topological polar surface area (TPSA) is 74.8 Å². The molecule has 0 bridgehead atoms. The van der Waals surface area contributed by atoms with E-state index in [9.17, 15) is 4.79 Å². The number of nitrogens with zero attached hydrogens (tertiary/aromatic N) is 1. The van der Waals surface area contributed by atoms with Crippen molar-refractivity contribution in [3.8, 4) is 0 Å². The Bertz CT molecular complexity index is 598. The number of hydrogen-bond acceptors (Lipinski definition) is 3. The maximum atomic E-state index is 11.6. The molecule has 1 aromatic carbocycles. The number of halogens is 1. The van der Waals surface area contributed by atoms with Gasteiger partial charge in [0.1, 0.15) is 5.60 Å². The Labute approximate surface area is 174 Å². The average molecular weight is 476 g/mol. The summed E-state index contributed by atoms with van der Waals surface area (Å²) in [6, 6.07) is 6.38. The zero-order valence-electron chi connectivity index (χ0n) is 16.7. The number of ether oxygens (including phenoxy) is 1. The van der Waals surface area contributed by atoms with Gasteiger partial charge in [-0.3, -0.25) is 0 Å². The summed E-state index contributed by atoms with van der Waals surface area (Å²) in [6.45, 7) is 14.1. The molecule has 148 valence electrons. The van der Waals surface area contributed by atoms with Crippen LogP contribution in [0.4, 0.5) is 4.79 Å². The number of aliphatic imine (C=N–C) groups is 1. The average Bonchev–Trinajstić information content (AvgIpc) is 2.48. The van der Waals surface area contributed by atoms with Crippen molar-refractivity contribution in [1.82, 2.24) is 16.0 Å². The molecule has 0 aliphatic carbocycles. The van der Waals surface area contributed by atoms with E-state index in [-0.39, 0.29) is 24.0 Å². The summed E-state index contributed by atoms with van der Waals surface area (Å²) < 4.78 is 5.20. The molecule has 0 aliphatic heterocycles. The van der Waals surface area contributed by atoms with Gasteiger partial charge >= 0.3 is 6.09 Å². The number of rotatable bonds is 6. The predicted molar refractivity (Wildman–Crippen MR) is 118 cm³/mol. The van der Waals surface area contributed by atoms with Crippen LogP contribution in [0.5, 0.6) is 0 Å². The Morgan fingerprint density at radius 2 is 1.77 bits per heavy atom. The lowest BCUT2D eigenvalue weighted by Crippen LogP contribution is -2.42. The Hall–Kier alpha value is -1.51. The van der Waals surface area contributed by atoms with Gasteiger partial charge in [-0.2, -0.15) is 0 Å². The van der Waals surface area contributed by atoms with Crippen LogP contribution < -0.4 is 16.0 Å². The van der Waals surface area contributed by atoms with Crippen molar-refractivity contribution in [2.45, 2.75) is 53.7 Å². The lowest BCUT2D eigenvalue weighted by atomic mass is 10.1. The fraction of sp³-hybridized carbons (Fsp3) is 0.579. The highest BCUT2D eigenvalue weighted by Crippen LogP contribution is 2.11. The molecule has 0 unspecified atom stereocenters. The van der Waals surface area contributed by atoms with E-state index in [1.165, 1.54) is 16.7 Å². The van der Waals surface area contributed by atoms with E-state index < -0.39 is 11.7 Å². The van der Waals surface area contributed by atoms with E-state index in [2.05, 4.69) is 53.0 Å². The highest BCUT2D eigenvalue weighted by molar-refractivity contribution is 14.0. The van der Waals surface area contributed by atoms with Crippen LogP contribution >= 0.6 is 24.0 Å². The normalized spacial score (nSPS) is 11.4. The quantitative estimate of drug-likeness (QED) is 0.254. The molecule has 0 spiro atoms. The summed E-state index contributed by atoms with van der Waals surface area (Å²) in [5.74, 6) is 0.730. The summed E-state index contributed by atoms with van der Waals surface area (Å²) in [5, 5.41) is 9.13. The zero-order valence-corrected chi connectivity index (χ0v) is 19.1. The van der Waals surface area contributed by atoms with E-state index >= 15 is 0 Å². The molecule has 1 rings (SSSR count). The molecule has 7 heteroatoms. The standard InChI is InChI=1S/C19H32N4O2.HI/c1-7-20-17(21-10-11-22-18(24)25-19(4,5)6)23-13-16-9-8-14(2)12-15(16)3;/h8-9,12H,7,10-11,13H2,1-6H3,(H,22,24)(H2,20,21,23);1H. The van der Waals surface area contributed by atoms with E-state index in [1.54, 1.807) is 0 Å². The smallest absolute Gasteiger partial charge is 0.407 e. The maximum Gasteiger partial charge on any atom is 0.407 e. The van der Waals surface area contributed by atoms with Gasteiger partial charge in [-0.15, -0.1) is 24.0 Å². The minimum atomic E-state index is -0.486. The molecular formula is C19H33IN4O2. The van der Waals surface area contributed by atoms with Gasteiger partial charge in [0.05, 0.1) is 6.54 Å². The molecule has 0 saturated heterocycles. The van der Waals surface area contributed by atoms with Crippen molar-refractivity contribution in [2.75, 3.05) is 19.6 Å². The highest BCUT2D eigenvalue weighted by atomic mass is 127. The van der Waals surface area contributed by atoms with Crippen molar-refractivity contribution in [3.05, 3.63) is 34.9 Å². The number of guanidine groups is 1. The van der Waals surface area contributed by atoms with Gasteiger partial charge in [0.2, 0.25) is 0 Å². The molecule has 0 saturated carbocycles. The van der Waals surface area contributed by atoms with Gasteiger partial charge in [0.15, 0.2) is 5.96 Å². The summed E-state index contributed by atoms with van der Waals surface area (Å²) in [4.78, 5) is 16.2. The molecule has 26 heavy (non-hydrogen) atoms. The second-order valence-corrected chi connectivity index (χ2v) is 6.98. The van der Waals surface area contributed by atoms with Gasteiger partial charge in [-0.25, -0.2) is 9.79 Å². The van der Waals surface area contributed by atoms with E-state index in [0.29, 0.717) is 19.6 Å². The summed E-state index contributed by atoms with van der Waals surface area (Å²) >= 11 is 0. The lowest BCUT2D eigenvalue weighted by Gasteiger charge is -2.20. The monoisotopic (exact) mass is 476 g/mol. The second-order valence-electron chi connectivity index (χ2n) is 6.98. The van der Waals surface area contributed by atoms with E-state index in [1.807, 2.05) is 27.7 Å². The van der Waals surface area contributed by atoms with Crippen molar-refractivity contribution in [2.24, 2.45) is 4.99 Å². The highest BCUT2D eigenvalue weighted by Gasteiger charge is 2.15. The molecule has 1 aromatic rings. The Morgan fingerprint density at radius 1 is 1.12 bits per heavy atom. The van der Waals surface area contributed by atoms with Gasteiger partial charge in [-0.1, -0.05) is 23.8 Å². The number of carbonyl (C=O) groups excluding carboxylic acids is 1. The largest absolute Gasteiger partial charge is 0.444 e. The molecule has 0 fully saturated rings. The third-order valence-corrected chi connectivity index (χ3v) is 3.34. The molecule has 0 aromatic heterocycles. The molecule has 0 radical (unpaired) electrons. The summed E-state index contributed by atoms with van der Waals surface area (Å²) in [5.41, 5.74) is 3.21. The number of amides is 1. The Morgan fingerprint density at radius 3 is 2.35 bits per heavy atom. The third-order valence-electron chi connectivity index (χ3n) is 3.34. The van der Waals surface area contributed by atoms with Crippen LogP contribution in [0.3, 0.4) is 0 Å². The van der Waals surface area contributed by atoms with Crippen LogP contribution in [0.25, 0.3) is 0 Å². The van der Waals surface area contributed by atoms with Crippen molar-refractivity contribution in [3.63, 3.8) is 0 Å². The van der Waals surface area contributed by atoms with Crippen LogP contribution in [-0.4, -0.2) is 37.3 Å². The SMILES string of the molecule is CCNC(=NCc1ccc(C)cc1C)NCCNC(=O)OC(C)(C)C.I. The lowest BCUT2D eigenvalue weighted by molar-refractivity contribution is 0.0529. The molecule has 3 N–H and O–H groups in total. The first kappa shape index (κ1) is 24.5. The molecule has 6 nitrogen and oxygen atoms in total. The van der Waals surface area contributed by atoms with E-state index in [0.717, 1.165) is 12.5 Å².